The number of thioether (sulfide) groups is 1. The molecular weight excluding hydrogens is 350 g/mol. The van der Waals surface area contributed by atoms with Crippen LogP contribution in [0, 0.1) is 0 Å². The number of carbonyl (C=O) groups is 2. The van der Waals surface area contributed by atoms with Gasteiger partial charge >= 0.3 is 0 Å². The van der Waals surface area contributed by atoms with Crippen LogP contribution in [0.1, 0.15) is 10.4 Å². The normalized spacial score (nSPS) is 10.4. The van der Waals surface area contributed by atoms with E-state index in [1.165, 1.54) is 23.1 Å². The van der Waals surface area contributed by atoms with E-state index < -0.39 is 5.91 Å². The molecule has 0 bridgehead atoms. The maximum absolute atomic E-state index is 11.9. The highest BCUT2D eigenvalue weighted by Gasteiger charge is 2.09. The molecule has 2 amide bonds. The summed E-state index contributed by atoms with van der Waals surface area (Å²) in [5, 5.41) is 14.5. The lowest BCUT2D eigenvalue weighted by Gasteiger charge is -2.04. The zero-order chi connectivity index (χ0) is 17.4. The number of aromatic nitrogens is 2. The Balaban J connectivity index is 1.77. The molecule has 0 fully saturated rings. The van der Waals surface area contributed by atoms with Gasteiger partial charge in [-0.2, -0.15) is 0 Å². The predicted molar refractivity (Wildman–Crippen MR) is 94.6 cm³/mol. The number of anilines is 2. The molecule has 1 aromatic heterocycles. The van der Waals surface area contributed by atoms with Crippen LogP contribution >= 0.6 is 23.1 Å². The number of benzene rings is 1. The van der Waals surface area contributed by atoms with Crippen molar-refractivity contribution in [3.63, 3.8) is 0 Å². The zero-order valence-electron chi connectivity index (χ0n) is 12.9. The molecule has 0 saturated carbocycles. The molecule has 0 aliphatic rings. The third-order valence-corrected chi connectivity index (χ3v) is 4.78. The largest absolute Gasteiger partial charge is 0.383 e. The summed E-state index contributed by atoms with van der Waals surface area (Å²) < 4.78 is 5.64. The summed E-state index contributed by atoms with van der Waals surface area (Å²) in [6, 6.07) is 6.39. The number of nitrogens with zero attached hydrogens (tertiary/aromatic N) is 2. The molecule has 128 valence electrons. The third kappa shape index (κ3) is 5.80. The number of hydrogen-bond acceptors (Lipinski definition) is 8. The number of nitrogens with one attached hydrogen (secondary N) is 2. The van der Waals surface area contributed by atoms with Crippen molar-refractivity contribution in [2.24, 2.45) is 5.73 Å². The van der Waals surface area contributed by atoms with E-state index in [1.807, 2.05) is 0 Å². The van der Waals surface area contributed by atoms with Crippen molar-refractivity contribution in [2.45, 2.75) is 4.34 Å². The van der Waals surface area contributed by atoms with Crippen LogP contribution in [0.25, 0.3) is 0 Å². The number of methoxy groups -OCH3 is 1. The lowest BCUT2D eigenvalue weighted by molar-refractivity contribution is -0.113. The summed E-state index contributed by atoms with van der Waals surface area (Å²) in [4.78, 5) is 22.9. The third-order valence-electron chi connectivity index (χ3n) is 2.77. The minimum Gasteiger partial charge on any atom is -0.383 e. The number of rotatable bonds is 9. The van der Waals surface area contributed by atoms with Crippen molar-refractivity contribution >= 4 is 45.7 Å². The molecule has 2 rings (SSSR count). The van der Waals surface area contributed by atoms with Gasteiger partial charge in [0, 0.05) is 24.9 Å². The molecule has 0 saturated heterocycles. The summed E-state index contributed by atoms with van der Waals surface area (Å²) in [6.07, 6.45) is 0. The summed E-state index contributed by atoms with van der Waals surface area (Å²) in [5.74, 6) is -0.463. The van der Waals surface area contributed by atoms with Gasteiger partial charge < -0.3 is 21.1 Å². The van der Waals surface area contributed by atoms with Crippen LogP contribution in [0.15, 0.2) is 28.6 Å². The van der Waals surface area contributed by atoms with E-state index in [9.17, 15) is 9.59 Å². The molecule has 0 atom stereocenters. The van der Waals surface area contributed by atoms with Crippen LogP contribution in [-0.2, 0) is 9.53 Å². The highest BCUT2D eigenvalue weighted by molar-refractivity contribution is 8.01. The molecule has 0 radical (unpaired) electrons. The minimum atomic E-state index is -0.505. The molecule has 10 heteroatoms. The molecule has 24 heavy (non-hydrogen) atoms. The van der Waals surface area contributed by atoms with Crippen LogP contribution in [0.2, 0.25) is 0 Å². The maximum atomic E-state index is 11.9. The van der Waals surface area contributed by atoms with Gasteiger partial charge in [0.15, 0.2) is 4.34 Å². The molecule has 0 aliphatic carbocycles. The molecule has 4 N–H and O–H groups in total. The molecule has 8 nitrogen and oxygen atoms in total. The van der Waals surface area contributed by atoms with Crippen molar-refractivity contribution in [2.75, 3.05) is 36.6 Å². The Morgan fingerprint density at radius 2 is 2.04 bits per heavy atom. The Morgan fingerprint density at radius 1 is 1.29 bits per heavy atom. The van der Waals surface area contributed by atoms with Gasteiger partial charge in [0.2, 0.25) is 16.9 Å². The first-order chi connectivity index (χ1) is 11.6. The van der Waals surface area contributed by atoms with E-state index in [2.05, 4.69) is 20.8 Å². The van der Waals surface area contributed by atoms with E-state index in [0.717, 1.165) is 0 Å². The first-order valence-corrected chi connectivity index (χ1v) is 8.77. The standard InChI is InChI=1S/C14H17N5O3S2/c1-22-7-6-16-13-18-19-14(24-13)23-8-11(20)17-10-4-2-9(3-5-10)12(15)21/h2-5H,6-8H2,1H3,(H2,15,21)(H,16,18)(H,17,20). The van der Waals surface area contributed by atoms with Gasteiger partial charge in [-0.15, -0.1) is 10.2 Å². The summed E-state index contributed by atoms with van der Waals surface area (Å²) in [7, 11) is 1.63. The Morgan fingerprint density at radius 3 is 2.71 bits per heavy atom. The quantitative estimate of drug-likeness (QED) is 0.453. The van der Waals surface area contributed by atoms with Crippen molar-refractivity contribution in [3.8, 4) is 0 Å². The van der Waals surface area contributed by atoms with Crippen molar-refractivity contribution < 1.29 is 14.3 Å². The number of nitrogens with two attached hydrogens (primary N) is 1. The first-order valence-electron chi connectivity index (χ1n) is 6.97. The number of carbonyl (C=O) groups excluding carboxylic acids is 2. The van der Waals surface area contributed by atoms with Gasteiger partial charge in [-0.05, 0) is 24.3 Å². The second-order valence-electron chi connectivity index (χ2n) is 4.57. The van der Waals surface area contributed by atoms with Crippen molar-refractivity contribution in [3.05, 3.63) is 29.8 Å². The van der Waals surface area contributed by atoms with E-state index in [4.69, 9.17) is 10.5 Å². The average Bonchev–Trinajstić information content (AvgIpc) is 3.02. The maximum Gasteiger partial charge on any atom is 0.248 e. The van der Waals surface area contributed by atoms with Gasteiger partial charge in [0.25, 0.3) is 0 Å². The van der Waals surface area contributed by atoms with Crippen LogP contribution in [0.5, 0.6) is 0 Å². The lowest BCUT2D eigenvalue weighted by Crippen LogP contribution is -2.14. The van der Waals surface area contributed by atoms with Crippen molar-refractivity contribution in [1.29, 1.82) is 0 Å². The first kappa shape index (κ1) is 18.2. The SMILES string of the molecule is COCCNc1nnc(SCC(=O)Nc2ccc(C(N)=O)cc2)s1. The lowest BCUT2D eigenvalue weighted by atomic mass is 10.2. The molecular formula is C14H17N5O3S2. The fourth-order valence-electron chi connectivity index (χ4n) is 1.64. The van der Waals surface area contributed by atoms with Crippen LogP contribution in [0.4, 0.5) is 10.8 Å². The molecule has 0 aliphatic heterocycles. The minimum absolute atomic E-state index is 0.170. The molecule has 2 aromatic rings. The Labute approximate surface area is 147 Å². The second kappa shape index (κ2) is 9.21. The molecule has 1 heterocycles. The van der Waals surface area contributed by atoms with Gasteiger partial charge in [-0.3, -0.25) is 9.59 Å². The van der Waals surface area contributed by atoms with E-state index in [-0.39, 0.29) is 11.7 Å². The fourth-order valence-corrected chi connectivity index (χ4v) is 3.22. The van der Waals surface area contributed by atoms with Gasteiger partial charge in [0.1, 0.15) is 0 Å². The fraction of sp³-hybridized carbons (Fsp3) is 0.286. The average molecular weight is 367 g/mol. The summed E-state index contributed by atoms with van der Waals surface area (Å²) >= 11 is 2.68. The van der Waals surface area contributed by atoms with Crippen LogP contribution in [0.3, 0.4) is 0 Å². The number of ether oxygens (including phenoxy) is 1. The molecule has 0 spiro atoms. The van der Waals surface area contributed by atoms with E-state index >= 15 is 0 Å². The van der Waals surface area contributed by atoms with E-state index in [1.54, 1.807) is 31.4 Å². The number of hydrogen-bond donors (Lipinski definition) is 3. The topological polar surface area (TPSA) is 119 Å². The van der Waals surface area contributed by atoms with Gasteiger partial charge in [-0.1, -0.05) is 23.1 Å². The monoisotopic (exact) mass is 367 g/mol. The Bertz CT molecular complexity index is 690. The highest BCUT2D eigenvalue weighted by Crippen LogP contribution is 2.25. The predicted octanol–water partition coefficient (Wildman–Crippen LogP) is 1.43. The zero-order valence-corrected chi connectivity index (χ0v) is 14.6. The Kier molecular flexibility index (Phi) is 6.97. The number of amides is 2. The van der Waals surface area contributed by atoms with Gasteiger partial charge in [-0.25, -0.2) is 0 Å². The highest BCUT2D eigenvalue weighted by atomic mass is 32.2. The summed E-state index contributed by atoms with van der Waals surface area (Å²) in [5.41, 5.74) is 6.16. The Hall–Kier alpha value is -2.17. The molecule has 1 aromatic carbocycles. The van der Waals surface area contributed by atoms with Gasteiger partial charge in [0.05, 0.1) is 12.4 Å². The van der Waals surface area contributed by atoms with Crippen molar-refractivity contribution in [1.82, 2.24) is 10.2 Å². The van der Waals surface area contributed by atoms with E-state index in [0.29, 0.717) is 33.9 Å². The summed E-state index contributed by atoms with van der Waals surface area (Å²) in [6.45, 7) is 1.23. The smallest absolute Gasteiger partial charge is 0.248 e. The van der Waals surface area contributed by atoms with Crippen LogP contribution < -0.4 is 16.4 Å². The molecule has 0 unspecified atom stereocenters. The second-order valence-corrected chi connectivity index (χ2v) is 6.77. The van der Waals surface area contributed by atoms with Crippen LogP contribution in [-0.4, -0.2) is 48.0 Å². The number of primary amides is 1.